The van der Waals surface area contributed by atoms with E-state index < -0.39 is 0 Å². The molecule has 0 unspecified atom stereocenters. The lowest BCUT2D eigenvalue weighted by molar-refractivity contribution is -0.139. The molecule has 1 heterocycles. The van der Waals surface area contributed by atoms with E-state index in [1.54, 1.807) is 6.08 Å². The van der Waals surface area contributed by atoms with Crippen molar-refractivity contribution in [1.29, 1.82) is 0 Å². The summed E-state index contributed by atoms with van der Waals surface area (Å²) >= 11 is 0. The van der Waals surface area contributed by atoms with Crippen LogP contribution in [0.1, 0.15) is 23.3 Å². The highest BCUT2D eigenvalue weighted by molar-refractivity contribution is 5.74. The number of benzene rings is 3. The van der Waals surface area contributed by atoms with Crippen LogP contribution in [-0.4, -0.2) is 18.2 Å². The average Bonchev–Trinajstić information content (AvgIpc) is 3.40. The highest BCUT2D eigenvalue weighted by atomic mass is 16.6. The molecule has 0 radical (unpaired) electrons. The van der Waals surface area contributed by atoms with Crippen molar-refractivity contribution in [3.63, 3.8) is 0 Å². The van der Waals surface area contributed by atoms with Gasteiger partial charge in [-0.15, -0.1) is 0 Å². The maximum atomic E-state index is 11.5. The van der Waals surface area contributed by atoms with Crippen LogP contribution < -0.4 is 10.2 Å². The Morgan fingerprint density at radius 3 is 2.37 bits per heavy atom. The molecule has 0 amide bonds. The van der Waals surface area contributed by atoms with Gasteiger partial charge in [0.15, 0.2) is 5.76 Å². The first-order valence-corrected chi connectivity index (χ1v) is 11.1. The van der Waals surface area contributed by atoms with E-state index in [0.29, 0.717) is 23.8 Å². The van der Waals surface area contributed by atoms with E-state index in [1.165, 1.54) is 7.11 Å². The zero-order valence-electron chi connectivity index (χ0n) is 19.3. The van der Waals surface area contributed by atoms with E-state index in [-0.39, 0.29) is 19.0 Å². The Labute approximate surface area is 203 Å². The van der Waals surface area contributed by atoms with Crippen LogP contribution in [0.15, 0.2) is 102 Å². The summed E-state index contributed by atoms with van der Waals surface area (Å²) in [5.74, 6) is 1.03. The Morgan fingerprint density at radius 2 is 1.66 bits per heavy atom. The van der Waals surface area contributed by atoms with Crippen LogP contribution in [-0.2, 0) is 27.6 Å². The molecule has 1 aromatic heterocycles. The van der Waals surface area contributed by atoms with Crippen molar-refractivity contribution < 1.29 is 23.6 Å². The number of nitrogens with one attached hydrogen (secondary N) is 1. The van der Waals surface area contributed by atoms with Crippen molar-refractivity contribution in [2.75, 3.05) is 7.11 Å². The minimum Gasteiger partial charge on any atom is -0.486 e. The summed E-state index contributed by atoms with van der Waals surface area (Å²) in [4.78, 5) is 17.2. The molecular formula is C28H26N2O5. The van der Waals surface area contributed by atoms with Gasteiger partial charge in [-0.25, -0.2) is 0 Å². The normalized spacial score (nSPS) is 11.2. The first-order valence-electron chi connectivity index (χ1n) is 11.1. The lowest BCUT2D eigenvalue weighted by atomic mass is 10.1. The number of hydrogen-bond acceptors (Lipinski definition) is 7. The third-order valence-electron chi connectivity index (χ3n) is 5.14. The standard InChI is InChI=1S/C28H26N2O5/c1-32-28(31)17-16-26(22-8-4-2-5-9-22)29-34-19-21-12-14-24(15-13-21)33-20-25-18-27(30-35-25)23-10-6-3-7-11-23/h2-16,18,29H,17,19-20H2,1H3. The number of carbonyl (C=O) groups is 1. The largest absolute Gasteiger partial charge is 0.486 e. The van der Waals surface area contributed by atoms with Gasteiger partial charge in [0, 0.05) is 11.6 Å². The van der Waals surface area contributed by atoms with E-state index in [0.717, 1.165) is 22.4 Å². The Hall–Kier alpha value is -4.36. The molecule has 4 aromatic rings. The van der Waals surface area contributed by atoms with E-state index in [2.05, 4.69) is 10.6 Å². The summed E-state index contributed by atoms with van der Waals surface area (Å²) < 4.78 is 15.9. The number of ether oxygens (including phenoxy) is 2. The number of nitrogens with zero attached hydrogens (tertiary/aromatic N) is 1. The van der Waals surface area contributed by atoms with Gasteiger partial charge in [-0.1, -0.05) is 78.0 Å². The molecule has 0 bridgehead atoms. The van der Waals surface area contributed by atoms with Crippen LogP contribution >= 0.6 is 0 Å². The van der Waals surface area contributed by atoms with Crippen molar-refractivity contribution >= 4 is 11.7 Å². The SMILES string of the molecule is COC(=O)CC=C(NOCc1ccc(OCc2cc(-c3ccccc3)no2)cc1)c1ccccc1. The van der Waals surface area contributed by atoms with Crippen LogP contribution in [0, 0.1) is 0 Å². The molecule has 0 saturated heterocycles. The summed E-state index contributed by atoms with van der Waals surface area (Å²) in [6.07, 6.45) is 1.88. The Morgan fingerprint density at radius 1 is 0.943 bits per heavy atom. The molecule has 0 fully saturated rings. The number of hydroxylamine groups is 1. The van der Waals surface area contributed by atoms with E-state index in [9.17, 15) is 4.79 Å². The van der Waals surface area contributed by atoms with Crippen molar-refractivity contribution in [3.05, 3.63) is 114 Å². The third-order valence-corrected chi connectivity index (χ3v) is 5.14. The Balaban J connectivity index is 1.28. The predicted molar refractivity (Wildman–Crippen MR) is 132 cm³/mol. The fraction of sp³-hybridized carbons (Fsp3) is 0.143. The van der Waals surface area contributed by atoms with E-state index >= 15 is 0 Å². The average molecular weight is 471 g/mol. The van der Waals surface area contributed by atoms with Gasteiger partial charge in [0.05, 0.1) is 25.8 Å². The molecule has 35 heavy (non-hydrogen) atoms. The first kappa shape index (κ1) is 23.8. The summed E-state index contributed by atoms with van der Waals surface area (Å²) in [7, 11) is 1.36. The molecule has 7 nitrogen and oxygen atoms in total. The maximum absolute atomic E-state index is 11.5. The number of methoxy groups -OCH3 is 1. The number of esters is 1. The second kappa shape index (κ2) is 12.2. The highest BCUT2D eigenvalue weighted by Crippen LogP contribution is 2.20. The molecule has 0 spiro atoms. The summed E-state index contributed by atoms with van der Waals surface area (Å²) in [5.41, 5.74) is 7.27. The van der Waals surface area contributed by atoms with Gasteiger partial charge in [0.25, 0.3) is 0 Å². The van der Waals surface area contributed by atoms with Crippen molar-refractivity contribution in [2.24, 2.45) is 0 Å². The van der Waals surface area contributed by atoms with E-state index in [1.807, 2.05) is 91.0 Å². The molecule has 4 rings (SSSR count). The fourth-order valence-electron chi connectivity index (χ4n) is 3.26. The fourth-order valence-corrected chi connectivity index (χ4v) is 3.26. The quantitative estimate of drug-likeness (QED) is 0.227. The molecule has 3 aromatic carbocycles. The van der Waals surface area contributed by atoms with Crippen LogP contribution in [0.4, 0.5) is 0 Å². The zero-order chi connectivity index (χ0) is 24.3. The van der Waals surface area contributed by atoms with E-state index in [4.69, 9.17) is 18.8 Å². The number of rotatable bonds is 11. The second-order valence-electron chi connectivity index (χ2n) is 7.63. The van der Waals surface area contributed by atoms with Gasteiger partial charge in [-0.3, -0.25) is 15.1 Å². The highest BCUT2D eigenvalue weighted by Gasteiger charge is 2.08. The molecule has 0 saturated carbocycles. The minimum atomic E-state index is -0.322. The molecule has 7 heteroatoms. The second-order valence-corrected chi connectivity index (χ2v) is 7.63. The number of hydrogen-bond donors (Lipinski definition) is 1. The Kier molecular flexibility index (Phi) is 8.29. The third kappa shape index (κ3) is 7.06. The van der Waals surface area contributed by atoms with Crippen molar-refractivity contribution in [1.82, 2.24) is 10.6 Å². The minimum absolute atomic E-state index is 0.140. The molecule has 1 N–H and O–H groups in total. The molecule has 0 aliphatic carbocycles. The summed E-state index contributed by atoms with van der Waals surface area (Å²) in [6.45, 7) is 0.605. The van der Waals surface area contributed by atoms with Gasteiger partial charge in [0.1, 0.15) is 18.1 Å². The molecular weight excluding hydrogens is 444 g/mol. The molecule has 178 valence electrons. The van der Waals surface area contributed by atoms with Crippen LogP contribution in [0.5, 0.6) is 5.75 Å². The van der Waals surface area contributed by atoms with Gasteiger partial charge < -0.3 is 14.0 Å². The predicted octanol–water partition coefficient (Wildman–Crippen LogP) is 5.55. The maximum Gasteiger partial charge on any atom is 0.309 e. The van der Waals surface area contributed by atoms with Gasteiger partial charge in [-0.05, 0) is 29.3 Å². The van der Waals surface area contributed by atoms with Gasteiger partial charge in [-0.2, -0.15) is 0 Å². The monoisotopic (exact) mass is 470 g/mol. The lowest BCUT2D eigenvalue weighted by Gasteiger charge is -2.12. The van der Waals surface area contributed by atoms with Gasteiger partial charge >= 0.3 is 5.97 Å². The van der Waals surface area contributed by atoms with Crippen LogP contribution in [0.2, 0.25) is 0 Å². The Bertz CT molecular complexity index is 1240. The lowest BCUT2D eigenvalue weighted by Crippen LogP contribution is -2.14. The summed E-state index contributed by atoms with van der Waals surface area (Å²) in [5, 5.41) is 4.10. The molecule has 0 atom stereocenters. The van der Waals surface area contributed by atoms with Gasteiger partial charge in [0.2, 0.25) is 0 Å². The van der Waals surface area contributed by atoms with Crippen molar-refractivity contribution in [3.8, 4) is 17.0 Å². The number of aromatic nitrogens is 1. The zero-order valence-corrected chi connectivity index (χ0v) is 19.3. The van der Waals surface area contributed by atoms with Crippen LogP contribution in [0.3, 0.4) is 0 Å². The van der Waals surface area contributed by atoms with Crippen molar-refractivity contribution in [2.45, 2.75) is 19.6 Å². The first-order chi connectivity index (χ1) is 17.2. The number of carbonyl (C=O) groups excluding carboxylic acids is 1. The molecule has 0 aliphatic rings. The smallest absolute Gasteiger partial charge is 0.309 e. The van der Waals surface area contributed by atoms with Crippen LogP contribution in [0.25, 0.3) is 17.0 Å². The summed E-state index contributed by atoms with van der Waals surface area (Å²) in [6, 6.07) is 28.9. The topological polar surface area (TPSA) is 82.8 Å². The molecule has 0 aliphatic heterocycles.